The van der Waals surface area contributed by atoms with Gasteiger partial charge in [0.05, 0.1) is 39.4 Å². The van der Waals surface area contributed by atoms with Crippen LogP contribution in [0.1, 0.15) is 6.42 Å². The Bertz CT molecular complexity index is 942. The van der Waals surface area contributed by atoms with Gasteiger partial charge in [-0.05, 0) is 0 Å². The summed E-state index contributed by atoms with van der Waals surface area (Å²) in [5, 5.41) is 21.5. The van der Waals surface area contributed by atoms with Gasteiger partial charge in [-0.1, -0.05) is 0 Å². The molecule has 32 heavy (non-hydrogen) atoms. The van der Waals surface area contributed by atoms with Gasteiger partial charge >= 0.3 is 7.82 Å². The number of fused-ring (bicyclic) bond motifs is 1. The first-order valence-electron chi connectivity index (χ1n) is 9.73. The van der Waals surface area contributed by atoms with E-state index in [9.17, 15) is 14.8 Å². The molecular formula is C16H27N6O9P. The molecular weight excluding hydrogens is 451 g/mol. The lowest BCUT2D eigenvalue weighted by Gasteiger charge is -2.33. The van der Waals surface area contributed by atoms with Crippen LogP contribution in [0.15, 0.2) is 12.7 Å². The number of aromatic nitrogens is 4. The minimum absolute atomic E-state index is 0.0178. The normalized spacial score (nSPS) is 26.2. The van der Waals surface area contributed by atoms with Crippen LogP contribution in [0.4, 0.5) is 5.82 Å². The second-order valence-corrected chi connectivity index (χ2v) is 8.27. The number of hydrogen-bond acceptors (Lipinski definition) is 12. The van der Waals surface area contributed by atoms with Crippen molar-refractivity contribution < 1.29 is 43.3 Å². The van der Waals surface area contributed by atoms with Crippen molar-refractivity contribution in [2.75, 3.05) is 45.3 Å². The molecule has 0 radical (unpaired) electrons. The standard InChI is InChI=1S/C16H27N6O9P/c17-2-4-29-6-5-28-3-1-16(22-9-21-11-14(18)19-8-20-15(11)22)13(24)12(23)10(31-16)7-30-32(25,26)27/h8-10,12-13,23-24H,1-7,17H2,(H2,18,19,20)(H2,25,26,27)/t10-,12-,13-,16-/m1/s1. The lowest BCUT2D eigenvalue weighted by Crippen LogP contribution is -2.46. The predicted octanol–water partition coefficient (Wildman–Crippen LogP) is -2.33. The smallest absolute Gasteiger partial charge is 0.387 e. The molecule has 3 heterocycles. The number of hydrogen-bond donors (Lipinski definition) is 6. The van der Waals surface area contributed by atoms with Crippen molar-refractivity contribution in [1.29, 1.82) is 0 Å². The topological polar surface area (TPSA) is 231 Å². The number of ether oxygens (including phenoxy) is 3. The van der Waals surface area contributed by atoms with Crippen LogP contribution in [0.3, 0.4) is 0 Å². The molecule has 8 N–H and O–H groups in total. The third-order valence-corrected chi connectivity index (χ3v) is 5.42. The lowest BCUT2D eigenvalue weighted by molar-refractivity contribution is -0.158. The van der Waals surface area contributed by atoms with Gasteiger partial charge < -0.3 is 45.7 Å². The molecule has 0 aromatic carbocycles. The average molecular weight is 478 g/mol. The van der Waals surface area contributed by atoms with Crippen LogP contribution < -0.4 is 11.5 Å². The Balaban J connectivity index is 1.84. The quantitative estimate of drug-likeness (QED) is 0.139. The molecule has 0 spiro atoms. The highest BCUT2D eigenvalue weighted by Crippen LogP contribution is 2.43. The molecule has 2 aromatic rings. The number of phosphoric ester groups is 1. The molecule has 0 aliphatic carbocycles. The van der Waals surface area contributed by atoms with E-state index in [1.807, 2.05) is 0 Å². The maximum Gasteiger partial charge on any atom is 0.469 e. The van der Waals surface area contributed by atoms with Crippen molar-refractivity contribution >= 4 is 24.8 Å². The van der Waals surface area contributed by atoms with Gasteiger partial charge in [0.2, 0.25) is 0 Å². The lowest BCUT2D eigenvalue weighted by atomic mass is 9.99. The first kappa shape index (κ1) is 24.9. The molecule has 0 amide bonds. The van der Waals surface area contributed by atoms with Gasteiger partial charge in [0.1, 0.15) is 30.2 Å². The van der Waals surface area contributed by atoms with Crippen LogP contribution in [0.5, 0.6) is 0 Å². The molecule has 0 unspecified atom stereocenters. The van der Waals surface area contributed by atoms with E-state index in [0.717, 1.165) is 0 Å². The van der Waals surface area contributed by atoms with Crippen LogP contribution in [0, 0.1) is 0 Å². The highest BCUT2D eigenvalue weighted by Gasteiger charge is 2.56. The van der Waals surface area contributed by atoms with Gasteiger partial charge in [-0.25, -0.2) is 19.5 Å². The zero-order chi connectivity index (χ0) is 23.4. The Hall–Kier alpha value is -1.78. The van der Waals surface area contributed by atoms with Crippen LogP contribution >= 0.6 is 7.82 Å². The zero-order valence-electron chi connectivity index (χ0n) is 17.1. The molecule has 2 aromatic heterocycles. The Kier molecular flexibility index (Phi) is 8.11. The number of anilines is 1. The highest BCUT2D eigenvalue weighted by molar-refractivity contribution is 7.46. The predicted molar refractivity (Wildman–Crippen MR) is 108 cm³/mol. The van der Waals surface area contributed by atoms with Gasteiger partial charge in [-0.2, -0.15) is 0 Å². The molecule has 180 valence electrons. The summed E-state index contributed by atoms with van der Waals surface area (Å²) < 4.78 is 33.7. The van der Waals surface area contributed by atoms with Crippen LogP contribution in [0.2, 0.25) is 0 Å². The van der Waals surface area contributed by atoms with Gasteiger partial charge in [0.25, 0.3) is 0 Å². The summed E-state index contributed by atoms with van der Waals surface area (Å²) >= 11 is 0. The Morgan fingerprint density at radius 1 is 1.16 bits per heavy atom. The molecule has 0 saturated carbocycles. The monoisotopic (exact) mass is 478 g/mol. The first-order valence-corrected chi connectivity index (χ1v) is 11.3. The Morgan fingerprint density at radius 2 is 1.88 bits per heavy atom. The molecule has 1 fully saturated rings. The SMILES string of the molecule is NCCOCCOCC[C@@]1(n2cnc3c(N)ncnc32)O[C@H](COP(=O)(O)O)[C@@H](O)[C@H]1O. The third kappa shape index (κ3) is 5.40. The van der Waals surface area contributed by atoms with Crippen LogP contribution in [-0.2, 0) is 29.0 Å². The zero-order valence-corrected chi connectivity index (χ0v) is 18.0. The Morgan fingerprint density at radius 3 is 2.56 bits per heavy atom. The number of nitrogens with zero attached hydrogens (tertiary/aromatic N) is 4. The second kappa shape index (κ2) is 10.4. The number of nitrogen functional groups attached to an aromatic ring is 1. The fourth-order valence-electron chi connectivity index (χ4n) is 3.46. The Labute approximate surface area is 182 Å². The number of imidazole rings is 1. The largest absolute Gasteiger partial charge is 0.469 e. The summed E-state index contributed by atoms with van der Waals surface area (Å²) in [7, 11) is -4.83. The van der Waals surface area contributed by atoms with E-state index < -0.39 is 38.5 Å². The van der Waals surface area contributed by atoms with Crippen molar-refractivity contribution in [3.8, 4) is 0 Å². The van der Waals surface area contributed by atoms with Gasteiger partial charge in [-0.15, -0.1) is 0 Å². The molecule has 1 aliphatic rings. The second-order valence-electron chi connectivity index (χ2n) is 7.03. The van der Waals surface area contributed by atoms with Gasteiger partial charge in [0, 0.05) is 13.0 Å². The molecule has 3 rings (SSSR count). The summed E-state index contributed by atoms with van der Waals surface area (Å²) in [6.45, 7) is 0.748. The number of aliphatic hydroxyl groups is 2. The summed E-state index contributed by atoms with van der Waals surface area (Å²) in [4.78, 5) is 30.1. The first-order chi connectivity index (χ1) is 15.2. The van der Waals surface area contributed by atoms with E-state index in [1.165, 1.54) is 17.2 Å². The maximum absolute atomic E-state index is 11.1. The molecule has 1 aliphatic heterocycles. The van der Waals surface area contributed by atoms with Crippen LogP contribution in [0.25, 0.3) is 11.2 Å². The molecule has 15 nitrogen and oxygen atoms in total. The molecule has 0 bridgehead atoms. The van der Waals surface area contributed by atoms with Gasteiger partial charge in [-0.3, -0.25) is 9.09 Å². The molecule has 16 heteroatoms. The summed E-state index contributed by atoms with van der Waals surface area (Å²) in [5.74, 6) is 0.103. The maximum atomic E-state index is 11.1. The number of rotatable bonds is 12. The minimum Gasteiger partial charge on any atom is -0.387 e. The van der Waals surface area contributed by atoms with E-state index >= 15 is 0 Å². The van der Waals surface area contributed by atoms with Crippen LogP contribution in [-0.4, -0.2) is 97.4 Å². The minimum atomic E-state index is -4.83. The highest BCUT2D eigenvalue weighted by atomic mass is 31.2. The van der Waals surface area contributed by atoms with Crippen molar-refractivity contribution in [3.63, 3.8) is 0 Å². The van der Waals surface area contributed by atoms with Crippen molar-refractivity contribution in [3.05, 3.63) is 12.7 Å². The van der Waals surface area contributed by atoms with E-state index in [1.54, 1.807) is 0 Å². The molecule has 4 atom stereocenters. The van der Waals surface area contributed by atoms with Crippen molar-refractivity contribution in [2.24, 2.45) is 5.73 Å². The van der Waals surface area contributed by atoms with Gasteiger partial charge in [0.15, 0.2) is 17.2 Å². The molecule has 1 saturated heterocycles. The van der Waals surface area contributed by atoms with E-state index in [2.05, 4.69) is 19.5 Å². The summed E-state index contributed by atoms with van der Waals surface area (Å²) in [5.41, 5.74) is 10.0. The average Bonchev–Trinajstić information content (AvgIpc) is 3.28. The van der Waals surface area contributed by atoms with E-state index in [-0.39, 0.29) is 36.6 Å². The third-order valence-electron chi connectivity index (χ3n) is 4.94. The number of aliphatic hydroxyl groups excluding tert-OH is 2. The summed E-state index contributed by atoms with van der Waals surface area (Å²) in [6.07, 6.45) is -1.79. The van der Waals surface area contributed by atoms with Crippen molar-refractivity contribution in [1.82, 2.24) is 19.5 Å². The van der Waals surface area contributed by atoms with E-state index in [0.29, 0.717) is 19.8 Å². The fourth-order valence-corrected chi connectivity index (χ4v) is 3.80. The van der Waals surface area contributed by atoms with Crippen molar-refractivity contribution in [2.45, 2.75) is 30.5 Å². The fraction of sp³-hybridized carbons (Fsp3) is 0.688. The van der Waals surface area contributed by atoms with E-state index in [4.69, 9.17) is 35.5 Å². The number of nitrogens with two attached hydrogens (primary N) is 2. The number of phosphoric acid groups is 1. The summed E-state index contributed by atoms with van der Waals surface area (Å²) in [6, 6.07) is 0.